The van der Waals surface area contributed by atoms with Crippen molar-refractivity contribution in [2.75, 3.05) is 26.3 Å². The highest BCUT2D eigenvalue weighted by Crippen LogP contribution is 2.14. The third-order valence-corrected chi connectivity index (χ3v) is 5.75. The average Bonchev–Trinajstić information content (AvgIpc) is 3.40. The summed E-state index contributed by atoms with van der Waals surface area (Å²) in [4.78, 5) is 39.1. The van der Waals surface area contributed by atoms with Crippen LogP contribution in [0.5, 0.6) is 0 Å². The molecule has 1 aromatic heterocycles. The van der Waals surface area contributed by atoms with Crippen molar-refractivity contribution in [3.05, 3.63) is 28.5 Å². The number of nitrogens with zero attached hydrogens (tertiary/aromatic N) is 1. The molecule has 0 radical (unpaired) electrons. The van der Waals surface area contributed by atoms with Crippen LogP contribution in [0.4, 0.5) is 0 Å². The van der Waals surface area contributed by atoms with E-state index in [4.69, 9.17) is 21.7 Å². The molecule has 0 bridgehead atoms. The Hall–Kier alpha value is -2.30. The van der Waals surface area contributed by atoms with E-state index >= 15 is 0 Å². The van der Waals surface area contributed by atoms with Crippen molar-refractivity contribution in [1.29, 1.82) is 0 Å². The number of esters is 1. The van der Waals surface area contributed by atoms with E-state index < -0.39 is 17.9 Å². The van der Waals surface area contributed by atoms with E-state index in [1.165, 1.54) is 17.4 Å². The number of carbonyl (C=O) groups excluding carboxylic acids is 3. The highest BCUT2D eigenvalue weighted by molar-refractivity contribution is 7.80. The van der Waals surface area contributed by atoms with Crippen molar-refractivity contribution < 1.29 is 23.9 Å². The Morgan fingerprint density at radius 3 is 3.07 bits per heavy atom. The minimum absolute atomic E-state index is 0.0780. The quantitative estimate of drug-likeness (QED) is 0.390. The van der Waals surface area contributed by atoms with E-state index in [1.54, 1.807) is 11.0 Å². The van der Waals surface area contributed by atoms with Gasteiger partial charge in [0.05, 0.1) is 12.5 Å². The topological polar surface area (TPSA) is 97.0 Å². The van der Waals surface area contributed by atoms with Crippen molar-refractivity contribution >= 4 is 52.5 Å². The molecule has 2 N–H and O–H groups in total. The summed E-state index contributed by atoms with van der Waals surface area (Å²) >= 11 is 6.82. The Morgan fingerprint density at radius 1 is 1.48 bits per heavy atom. The van der Waals surface area contributed by atoms with Crippen molar-refractivity contribution in [3.63, 3.8) is 0 Å². The summed E-state index contributed by atoms with van der Waals surface area (Å²) in [5.41, 5.74) is 0. The minimum Gasteiger partial charge on any atom is -0.463 e. The second kappa shape index (κ2) is 10.5. The molecule has 2 fully saturated rings. The van der Waals surface area contributed by atoms with Gasteiger partial charge in [-0.1, -0.05) is 6.07 Å². The Balaban J connectivity index is 1.53. The fraction of sp³-hybridized carbons (Fsp3) is 0.474. The summed E-state index contributed by atoms with van der Waals surface area (Å²) in [5.74, 6) is -1.22. The second-order valence-electron chi connectivity index (χ2n) is 6.67. The van der Waals surface area contributed by atoms with Crippen LogP contribution in [0, 0.1) is 0 Å². The van der Waals surface area contributed by atoms with E-state index in [1.807, 2.05) is 17.5 Å². The standard InChI is InChI=1S/C19H23N3O5S2/c23-16(6-5-14-4-2-10-29-14)21-19(28)22-8-7-20-18(25)15(22)11-17(24)27-12-13-3-1-9-26-13/h2,4-6,10,13,15H,1,3,7-9,11-12H2,(H,20,25)(H,21,23,28)/b6-5+. The molecule has 2 aliphatic rings. The molecule has 2 unspecified atom stereocenters. The van der Waals surface area contributed by atoms with E-state index in [0.29, 0.717) is 19.7 Å². The maximum atomic E-state index is 12.3. The first-order chi connectivity index (χ1) is 14.0. The Labute approximate surface area is 178 Å². The van der Waals surface area contributed by atoms with Gasteiger partial charge in [0.1, 0.15) is 12.6 Å². The van der Waals surface area contributed by atoms with Crippen molar-refractivity contribution in [2.24, 2.45) is 0 Å². The molecule has 2 saturated heterocycles. The van der Waals surface area contributed by atoms with Gasteiger partial charge in [-0.15, -0.1) is 11.3 Å². The normalized spacial score (nSPS) is 21.8. The molecule has 3 rings (SSSR count). The monoisotopic (exact) mass is 437 g/mol. The number of nitrogens with one attached hydrogen (secondary N) is 2. The molecule has 0 aromatic carbocycles. The third-order valence-electron chi connectivity index (χ3n) is 4.58. The van der Waals surface area contributed by atoms with Gasteiger partial charge in [0.15, 0.2) is 5.11 Å². The Morgan fingerprint density at radius 2 is 2.34 bits per heavy atom. The molecule has 10 heteroatoms. The summed E-state index contributed by atoms with van der Waals surface area (Å²) in [6.07, 6.45) is 4.65. The molecular formula is C19H23N3O5S2. The van der Waals surface area contributed by atoms with Crippen LogP contribution < -0.4 is 10.6 Å². The van der Waals surface area contributed by atoms with Crippen LogP contribution >= 0.6 is 23.6 Å². The average molecular weight is 438 g/mol. The third kappa shape index (κ3) is 6.34. The zero-order valence-corrected chi connectivity index (χ0v) is 17.4. The van der Waals surface area contributed by atoms with E-state index in [-0.39, 0.29) is 30.2 Å². The number of amides is 2. The van der Waals surface area contributed by atoms with Gasteiger partial charge in [-0.3, -0.25) is 19.7 Å². The maximum absolute atomic E-state index is 12.3. The fourth-order valence-corrected chi connectivity index (χ4v) is 4.04. The zero-order chi connectivity index (χ0) is 20.6. The predicted octanol–water partition coefficient (Wildman–Crippen LogP) is 1.08. The van der Waals surface area contributed by atoms with Gasteiger partial charge in [-0.2, -0.15) is 0 Å². The summed E-state index contributed by atoms with van der Waals surface area (Å²) in [5, 5.41) is 7.34. The highest BCUT2D eigenvalue weighted by atomic mass is 32.1. The van der Waals surface area contributed by atoms with Gasteiger partial charge >= 0.3 is 5.97 Å². The van der Waals surface area contributed by atoms with Crippen molar-refractivity contribution in [2.45, 2.75) is 31.4 Å². The van der Waals surface area contributed by atoms with Gasteiger partial charge in [-0.25, -0.2) is 0 Å². The number of rotatable bonds is 6. The van der Waals surface area contributed by atoms with E-state index in [0.717, 1.165) is 17.7 Å². The highest BCUT2D eigenvalue weighted by Gasteiger charge is 2.34. The lowest BCUT2D eigenvalue weighted by molar-refractivity contribution is -0.150. The lowest BCUT2D eigenvalue weighted by Crippen LogP contribution is -2.60. The number of hydrogen-bond acceptors (Lipinski definition) is 7. The fourth-order valence-electron chi connectivity index (χ4n) is 3.10. The molecule has 0 saturated carbocycles. The van der Waals surface area contributed by atoms with Crippen LogP contribution in [0.1, 0.15) is 24.1 Å². The SMILES string of the molecule is O=C(/C=C/c1cccs1)NC(=S)N1CCNC(=O)C1CC(=O)OCC1CCCO1. The van der Waals surface area contributed by atoms with Crippen LogP contribution in [0.3, 0.4) is 0 Å². The smallest absolute Gasteiger partial charge is 0.308 e. The summed E-state index contributed by atoms with van der Waals surface area (Å²) in [6, 6.07) is 2.96. The van der Waals surface area contributed by atoms with Gasteiger partial charge in [-0.05, 0) is 42.6 Å². The molecule has 2 amide bonds. The summed E-state index contributed by atoms with van der Waals surface area (Å²) < 4.78 is 10.7. The number of thiocarbonyl (C=S) groups is 1. The van der Waals surface area contributed by atoms with Crippen LogP contribution in [-0.4, -0.2) is 66.2 Å². The molecule has 3 heterocycles. The molecule has 29 heavy (non-hydrogen) atoms. The largest absolute Gasteiger partial charge is 0.463 e. The van der Waals surface area contributed by atoms with Crippen LogP contribution in [0.15, 0.2) is 23.6 Å². The molecule has 156 valence electrons. The minimum atomic E-state index is -0.824. The molecule has 8 nitrogen and oxygen atoms in total. The Kier molecular flexibility index (Phi) is 7.73. The van der Waals surface area contributed by atoms with Crippen LogP contribution in [0.25, 0.3) is 6.08 Å². The second-order valence-corrected chi connectivity index (χ2v) is 8.03. The first-order valence-corrected chi connectivity index (χ1v) is 10.7. The molecular weight excluding hydrogens is 414 g/mol. The molecule has 2 aliphatic heterocycles. The molecule has 2 atom stereocenters. The molecule has 1 aromatic rings. The number of hydrogen-bond donors (Lipinski definition) is 2. The van der Waals surface area contributed by atoms with Crippen LogP contribution in [0.2, 0.25) is 0 Å². The number of piperazine rings is 1. The van der Waals surface area contributed by atoms with E-state index in [9.17, 15) is 14.4 Å². The number of carbonyl (C=O) groups is 3. The molecule has 0 spiro atoms. The molecule has 0 aliphatic carbocycles. The summed E-state index contributed by atoms with van der Waals surface area (Å²) in [6.45, 7) is 1.63. The van der Waals surface area contributed by atoms with Gasteiger partial charge in [0.2, 0.25) is 11.8 Å². The van der Waals surface area contributed by atoms with Gasteiger partial charge in [0.25, 0.3) is 0 Å². The van der Waals surface area contributed by atoms with Crippen molar-refractivity contribution in [1.82, 2.24) is 15.5 Å². The van der Waals surface area contributed by atoms with Gasteiger partial charge in [0, 0.05) is 30.6 Å². The first kappa shape index (κ1) is 21.4. The zero-order valence-electron chi connectivity index (χ0n) is 15.8. The van der Waals surface area contributed by atoms with E-state index in [2.05, 4.69) is 10.6 Å². The van der Waals surface area contributed by atoms with Crippen LogP contribution in [-0.2, 0) is 23.9 Å². The predicted molar refractivity (Wildman–Crippen MR) is 112 cm³/mol. The lowest BCUT2D eigenvalue weighted by Gasteiger charge is -2.36. The number of ether oxygens (including phenoxy) is 2. The first-order valence-electron chi connectivity index (χ1n) is 9.41. The van der Waals surface area contributed by atoms with Crippen molar-refractivity contribution in [3.8, 4) is 0 Å². The maximum Gasteiger partial charge on any atom is 0.308 e. The number of thiophene rings is 1. The lowest BCUT2D eigenvalue weighted by atomic mass is 10.1. The Bertz CT molecular complexity index is 775. The van der Waals surface area contributed by atoms with Gasteiger partial charge < -0.3 is 19.7 Å². The summed E-state index contributed by atoms with van der Waals surface area (Å²) in [7, 11) is 0.